The van der Waals surface area contributed by atoms with Crippen LogP contribution in [0.15, 0.2) is 72.8 Å². The molecule has 0 aliphatic carbocycles. The Labute approximate surface area is 150 Å². The zero-order valence-electron chi connectivity index (χ0n) is 14.2. The number of aryl methyl sites for hydroxylation is 1. The number of rotatable bonds is 2. The Kier molecular flexibility index (Phi) is 3.25. The third kappa shape index (κ3) is 2.41. The molecule has 0 radical (unpaired) electrons. The highest BCUT2D eigenvalue weighted by Crippen LogP contribution is 2.27. The lowest BCUT2D eigenvalue weighted by molar-refractivity contribution is 0.720. The molecule has 0 N–H and O–H groups in total. The summed E-state index contributed by atoms with van der Waals surface area (Å²) >= 11 is 0. The standard InChI is InChI=1S/C21H15N5/c1-14-11-12-16-19(13-14)22-21(23-20(16)15-7-3-2-4-8-15)26-24-17-9-5-6-10-18(17)25-26/h2-13H,1H3. The molecule has 0 fully saturated rings. The van der Waals surface area contributed by atoms with Gasteiger partial charge in [0.25, 0.3) is 5.95 Å². The molecular weight excluding hydrogens is 322 g/mol. The van der Waals surface area contributed by atoms with E-state index in [1.165, 1.54) is 4.80 Å². The predicted octanol–water partition coefficient (Wildman–Crippen LogP) is 4.34. The van der Waals surface area contributed by atoms with E-state index in [4.69, 9.17) is 9.97 Å². The van der Waals surface area contributed by atoms with Crippen molar-refractivity contribution in [3.05, 3.63) is 78.4 Å². The van der Waals surface area contributed by atoms with Crippen molar-refractivity contribution in [2.24, 2.45) is 0 Å². The van der Waals surface area contributed by atoms with Gasteiger partial charge < -0.3 is 0 Å². The van der Waals surface area contributed by atoms with Crippen molar-refractivity contribution < 1.29 is 0 Å². The van der Waals surface area contributed by atoms with E-state index >= 15 is 0 Å². The molecule has 5 heteroatoms. The van der Waals surface area contributed by atoms with Gasteiger partial charge in [0.1, 0.15) is 11.0 Å². The Morgan fingerprint density at radius 2 is 1.38 bits per heavy atom. The summed E-state index contributed by atoms with van der Waals surface area (Å²) in [5.74, 6) is 0.471. The fourth-order valence-electron chi connectivity index (χ4n) is 3.08. The molecule has 0 bridgehead atoms. The molecule has 2 aromatic heterocycles. The maximum atomic E-state index is 4.79. The molecule has 0 aliphatic rings. The van der Waals surface area contributed by atoms with E-state index in [0.29, 0.717) is 5.95 Å². The summed E-state index contributed by atoms with van der Waals surface area (Å²) in [5, 5.41) is 10.1. The van der Waals surface area contributed by atoms with Gasteiger partial charge in [-0.1, -0.05) is 54.6 Å². The first-order chi connectivity index (χ1) is 12.8. The van der Waals surface area contributed by atoms with Gasteiger partial charge in [0.15, 0.2) is 0 Å². The summed E-state index contributed by atoms with van der Waals surface area (Å²) in [5.41, 5.74) is 5.60. The van der Waals surface area contributed by atoms with E-state index in [2.05, 4.69) is 47.5 Å². The third-order valence-electron chi connectivity index (χ3n) is 4.35. The highest BCUT2D eigenvalue weighted by molar-refractivity contribution is 5.93. The Bertz CT molecular complexity index is 1210. The van der Waals surface area contributed by atoms with Crippen LogP contribution in [0.5, 0.6) is 0 Å². The number of benzene rings is 3. The molecule has 5 nitrogen and oxygen atoms in total. The molecule has 0 amide bonds. The summed E-state index contributed by atoms with van der Waals surface area (Å²) in [6, 6.07) is 24.1. The van der Waals surface area contributed by atoms with Crippen LogP contribution in [0.25, 0.3) is 39.1 Å². The molecule has 0 unspecified atom stereocenters. The lowest BCUT2D eigenvalue weighted by atomic mass is 10.1. The Morgan fingerprint density at radius 1 is 0.692 bits per heavy atom. The zero-order chi connectivity index (χ0) is 17.5. The van der Waals surface area contributed by atoms with Gasteiger partial charge in [0, 0.05) is 10.9 Å². The monoisotopic (exact) mass is 337 g/mol. The number of fused-ring (bicyclic) bond motifs is 2. The minimum Gasteiger partial charge on any atom is -0.210 e. The van der Waals surface area contributed by atoms with Crippen LogP contribution in [0.1, 0.15) is 5.56 Å². The van der Waals surface area contributed by atoms with Crippen LogP contribution >= 0.6 is 0 Å². The summed E-state index contributed by atoms with van der Waals surface area (Å²) in [6.45, 7) is 2.06. The maximum Gasteiger partial charge on any atom is 0.269 e. The molecular formula is C21H15N5. The molecule has 5 rings (SSSR count). The summed E-state index contributed by atoms with van der Waals surface area (Å²) in [4.78, 5) is 11.0. The fraction of sp³-hybridized carbons (Fsp3) is 0.0476. The second-order valence-electron chi connectivity index (χ2n) is 6.24. The lowest BCUT2D eigenvalue weighted by Gasteiger charge is -2.09. The SMILES string of the molecule is Cc1ccc2c(-c3ccccc3)nc(-n3nc4ccccc4n3)nc2c1. The van der Waals surface area contributed by atoms with Gasteiger partial charge in [-0.3, -0.25) is 0 Å². The number of hydrogen-bond acceptors (Lipinski definition) is 4. The minimum atomic E-state index is 0.471. The Hall–Kier alpha value is -3.60. The molecule has 0 saturated heterocycles. The van der Waals surface area contributed by atoms with Crippen molar-refractivity contribution in [2.75, 3.05) is 0 Å². The summed E-state index contributed by atoms with van der Waals surface area (Å²) in [7, 11) is 0. The smallest absolute Gasteiger partial charge is 0.210 e. The van der Waals surface area contributed by atoms with E-state index in [-0.39, 0.29) is 0 Å². The fourth-order valence-corrected chi connectivity index (χ4v) is 3.08. The Balaban J connectivity index is 1.80. The molecule has 0 aliphatic heterocycles. The van der Waals surface area contributed by atoms with Crippen LogP contribution in [0.3, 0.4) is 0 Å². The molecule has 0 atom stereocenters. The molecule has 26 heavy (non-hydrogen) atoms. The quantitative estimate of drug-likeness (QED) is 0.481. The maximum absolute atomic E-state index is 4.79. The van der Waals surface area contributed by atoms with Crippen molar-refractivity contribution in [3.8, 4) is 17.2 Å². The highest BCUT2D eigenvalue weighted by Gasteiger charge is 2.13. The van der Waals surface area contributed by atoms with Crippen LogP contribution in [0, 0.1) is 6.92 Å². The van der Waals surface area contributed by atoms with Gasteiger partial charge in [-0.2, -0.15) is 0 Å². The van der Waals surface area contributed by atoms with Crippen LogP contribution in [-0.2, 0) is 0 Å². The van der Waals surface area contributed by atoms with Crippen LogP contribution in [0.2, 0.25) is 0 Å². The normalized spacial score (nSPS) is 11.3. The van der Waals surface area contributed by atoms with Gasteiger partial charge >= 0.3 is 0 Å². The van der Waals surface area contributed by atoms with Crippen LogP contribution in [-0.4, -0.2) is 25.0 Å². The molecule has 0 saturated carbocycles. The van der Waals surface area contributed by atoms with Gasteiger partial charge in [0.2, 0.25) is 0 Å². The largest absolute Gasteiger partial charge is 0.269 e. The van der Waals surface area contributed by atoms with Crippen LogP contribution < -0.4 is 0 Å². The lowest BCUT2D eigenvalue weighted by Crippen LogP contribution is -2.06. The van der Waals surface area contributed by atoms with E-state index < -0.39 is 0 Å². The molecule has 3 aromatic carbocycles. The molecule has 124 valence electrons. The van der Waals surface area contributed by atoms with Gasteiger partial charge in [-0.15, -0.1) is 15.0 Å². The van der Waals surface area contributed by atoms with E-state index in [9.17, 15) is 0 Å². The van der Waals surface area contributed by atoms with Gasteiger partial charge in [0.05, 0.1) is 11.2 Å². The number of hydrogen-bond donors (Lipinski definition) is 0. The predicted molar refractivity (Wildman–Crippen MR) is 102 cm³/mol. The first-order valence-corrected chi connectivity index (χ1v) is 8.44. The zero-order valence-corrected chi connectivity index (χ0v) is 14.2. The van der Waals surface area contributed by atoms with Gasteiger partial charge in [-0.05, 0) is 30.7 Å². The van der Waals surface area contributed by atoms with Crippen molar-refractivity contribution in [3.63, 3.8) is 0 Å². The highest BCUT2D eigenvalue weighted by atomic mass is 15.5. The van der Waals surface area contributed by atoms with E-state index in [0.717, 1.165) is 38.8 Å². The number of nitrogens with zero attached hydrogens (tertiary/aromatic N) is 5. The topological polar surface area (TPSA) is 56.5 Å². The average molecular weight is 337 g/mol. The summed E-state index contributed by atoms with van der Waals surface area (Å²) < 4.78 is 0. The van der Waals surface area contributed by atoms with Crippen molar-refractivity contribution in [1.82, 2.24) is 25.0 Å². The average Bonchev–Trinajstić information content (AvgIpc) is 3.12. The minimum absolute atomic E-state index is 0.471. The van der Waals surface area contributed by atoms with Crippen molar-refractivity contribution >= 4 is 21.9 Å². The molecule has 5 aromatic rings. The first-order valence-electron chi connectivity index (χ1n) is 8.44. The third-order valence-corrected chi connectivity index (χ3v) is 4.35. The van der Waals surface area contributed by atoms with E-state index in [1.807, 2.05) is 42.5 Å². The van der Waals surface area contributed by atoms with Crippen molar-refractivity contribution in [2.45, 2.75) is 6.92 Å². The Morgan fingerprint density at radius 3 is 2.12 bits per heavy atom. The first kappa shape index (κ1) is 14.7. The van der Waals surface area contributed by atoms with Crippen molar-refractivity contribution in [1.29, 1.82) is 0 Å². The van der Waals surface area contributed by atoms with Gasteiger partial charge in [-0.25, -0.2) is 9.97 Å². The second-order valence-corrected chi connectivity index (χ2v) is 6.24. The second kappa shape index (κ2) is 5.74. The molecule has 2 heterocycles. The summed E-state index contributed by atoms with van der Waals surface area (Å²) in [6.07, 6.45) is 0. The van der Waals surface area contributed by atoms with Crippen LogP contribution in [0.4, 0.5) is 0 Å². The number of aromatic nitrogens is 5. The van der Waals surface area contributed by atoms with E-state index in [1.54, 1.807) is 0 Å². The molecule has 0 spiro atoms.